The molecule has 0 aromatic heterocycles. The number of fused-ring (bicyclic) bond motifs is 2. The Balaban J connectivity index is 2.13. The second kappa shape index (κ2) is 8.61. The van der Waals surface area contributed by atoms with Gasteiger partial charge in [0, 0.05) is 12.8 Å². The summed E-state index contributed by atoms with van der Waals surface area (Å²) in [6, 6.07) is 0. The van der Waals surface area contributed by atoms with Crippen molar-refractivity contribution in [3.63, 3.8) is 0 Å². The molecule has 0 spiro atoms. The van der Waals surface area contributed by atoms with E-state index < -0.39 is 46.8 Å². The number of carbonyl (C=O) groups excluding carboxylic acids is 3. The van der Waals surface area contributed by atoms with Crippen LogP contribution in [0.1, 0.15) is 73.6 Å². The maximum absolute atomic E-state index is 13.1. The second-order valence-electron chi connectivity index (χ2n) is 9.71. The van der Waals surface area contributed by atoms with Gasteiger partial charge in [-0.1, -0.05) is 19.0 Å². The van der Waals surface area contributed by atoms with Crippen LogP contribution in [-0.2, 0) is 28.6 Å². The summed E-state index contributed by atoms with van der Waals surface area (Å²) in [5, 5.41) is 13.5. The molecule has 1 saturated carbocycles. The fourth-order valence-electron chi connectivity index (χ4n) is 3.71. The highest BCUT2D eigenvalue weighted by Crippen LogP contribution is 2.47. The monoisotopic (exact) mass is 427 g/mol. The summed E-state index contributed by atoms with van der Waals surface area (Å²) in [4.78, 5) is 48.8. The summed E-state index contributed by atoms with van der Waals surface area (Å²) >= 11 is 0. The van der Waals surface area contributed by atoms with Crippen molar-refractivity contribution in [1.29, 1.82) is 0 Å². The van der Waals surface area contributed by atoms with Gasteiger partial charge in [-0.25, -0.2) is 0 Å². The zero-order chi connectivity index (χ0) is 22.9. The van der Waals surface area contributed by atoms with Gasteiger partial charge in [0.2, 0.25) is 0 Å². The van der Waals surface area contributed by atoms with E-state index in [9.17, 15) is 24.4 Å². The Morgan fingerprint density at radius 3 is 2.50 bits per heavy atom. The Morgan fingerprint density at radius 1 is 1.33 bits per heavy atom. The van der Waals surface area contributed by atoms with Gasteiger partial charge in [0.1, 0.15) is 23.9 Å². The zero-order valence-corrected chi connectivity index (χ0v) is 18.6. The fraction of sp³-hybridized carbons (Fsp3) is 0.857. The van der Waals surface area contributed by atoms with Crippen molar-refractivity contribution in [2.24, 2.45) is 16.5 Å². The maximum atomic E-state index is 13.1. The smallest absolute Gasteiger partial charge is 0.324 e. The molecule has 2 bridgehead atoms. The number of carbonyl (C=O) groups is 3. The van der Waals surface area contributed by atoms with Crippen LogP contribution in [-0.4, -0.2) is 52.5 Å². The molecule has 0 radical (unpaired) electrons. The number of hydrogen-bond acceptors (Lipinski definition) is 9. The molecule has 0 aromatic rings. The minimum atomic E-state index is -1.49. The summed E-state index contributed by atoms with van der Waals surface area (Å²) in [6.07, 6.45) is -1.25. The Bertz CT molecular complexity index is 698. The van der Waals surface area contributed by atoms with Crippen LogP contribution >= 0.6 is 0 Å². The second-order valence-corrected chi connectivity index (χ2v) is 9.71. The quantitative estimate of drug-likeness (QED) is 0.257. The predicted octanol–water partition coefficient (Wildman–Crippen LogP) is 2.66. The first kappa shape index (κ1) is 24.2. The molecule has 2 rings (SSSR count). The molecule has 9 heteroatoms. The van der Waals surface area contributed by atoms with Crippen LogP contribution in [0, 0.1) is 16.2 Å². The van der Waals surface area contributed by atoms with Crippen LogP contribution in [0.25, 0.3) is 0 Å². The normalized spacial score (nSPS) is 28.3. The largest absolute Gasteiger partial charge is 0.458 e. The molecular weight excluding hydrogens is 394 g/mol. The Morgan fingerprint density at radius 2 is 1.97 bits per heavy atom. The lowest BCUT2D eigenvalue weighted by Crippen LogP contribution is -2.49. The predicted molar refractivity (Wildman–Crippen MR) is 106 cm³/mol. The van der Waals surface area contributed by atoms with Crippen LogP contribution in [0.3, 0.4) is 0 Å². The van der Waals surface area contributed by atoms with Crippen LogP contribution in [0.2, 0.25) is 0 Å². The van der Waals surface area contributed by atoms with E-state index in [2.05, 4.69) is 5.18 Å². The highest BCUT2D eigenvalue weighted by molar-refractivity contribution is 6.01. The molecule has 30 heavy (non-hydrogen) atoms. The maximum Gasteiger partial charge on any atom is 0.324 e. The molecule has 1 heterocycles. The highest BCUT2D eigenvalue weighted by Gasteiger charge is 2.62. The lowest BCUT2D eigenvalue weighted by Gasteiger charge is -2.36. The van der Waals surface area contributed by atoms with Crippen LogP contribution < -0.4 is 0 Å². The molecule has 9 nitrogen and oxygen atoms in total. The van der Waals surface area contributed by atoms with E-state index in [0.29, 0.717) is 12.8 Å². The van der Waals surface area contributed by atoms with Gasteiger partial charge >= 0.3 is 17.9 Å². The topological polar surface area (TPSA) is 129 Å². The molecule has 1 aliphatic carbocycles. The Labute approximate surface area is 176 Å². The van der Waals surface area contributed by atoms with Gasteiger partial charge in [0.05, 0.1) is 11.5 Å². The van der Waals surface area contributed by atoms with E-state index in [0.717, 1.165) is 0 Å². The van der Waals surface area contributed by atoms with Crippen molar-refractivity contribution in [2.75, 3.05) is 0 Å². The summed E-state index contributed by atoms with van der Waals surface area (Å²) in [5.41, 5.74) is -4.01. The number of ether oxygens (including phenoxy) is 3. The first-order chi connectivity index (χ1) is 13.8. The standard InChI is InChI=1S/C21H33NO8/c1-7-12(2)16(23)28-13-8-9-21(10-14(13)29-17(21)24)18(25)30-15(20(5,6)26)11-19(3,4)22-27/h12-15,26H,7-11H2,1-6H3/t12?,13-,14?,15?,21?/m0/s1. The van der Waals surface area contributed by atoms with Gasteiger partial charge < -0.3 is 19.3 Å². The molecule has 0 amide bonds. The van der Waals surface area contributed by atoms with Crippen molar-refractivity contribution in [2.45, 2.75) is 103 Å². The molecule has 5 atom stereocenters. The summed E-state index contributed by atoms with van der Waals surface area (Å²) in [7, 11) is 0. The molecule has 2 fully saturated rings. The van der Waals surface area contributed by atoms with Crippen molar-refractivity contribution in [3.8, 4) is 0 Å². The van der Waals surface area contributed by atoms with Crippen molar-refractivity contribution >= 4 is 17.9 Å². The van der Waals surface area contributed by atoms with E-state index in [4.69, 9.17) is 14.2 Å². The van der Waals surface area contributed by atoms with Gasteiger partial charge in [0.25, 0.3) is 0 Å². The number of aliphatic hydroxyl groups is 1. The first-order valence-electron chi connectivity index (χ1n) is 10.5. The van der Waals surface area contributed by atoms with Crippen molar-refractivity contribution < 1.29 is 33.7 Å². The summed E-state index contributed by atoms with van der Waals surface area (Å²) < 4.78 is 16.4. The number of esters is 3. The van der Waals surface area contributed by atoms with Crippen molar-refractivity contribution in [3.05, 3.63) is 4.91 Å². The zero-order valence-electron chi connectivity index (χ0n) is 18.6. The van der Waals surface area contributed by atoms with Gasteiger partial charge in [-0.15, -0.1) is 0 Å². The molecule has 170 valence electrons. The van der Waals surface area contributed by atoms with E-state index in [1.807, 2.05) is 6.92 Å². The number of nitroso groups, excluding NO2 is 1. The number of hydrogen-bond donors (Lipinski definition) is 1. The van der Waals surface area contributed by atoms with E-state index in [-0.39, 0.29) is 31.1 Å². The van der Waals surface area contributed by atoms with Gasteiger partial charge in [-0.3, -0.25) is 14.4 Å². The van der Waals surface area contributed by atoms with E-state index in [1.54, 1.807) is 20.8 Å². The molecular formula is C21H33NO8. The average Bonchev–Trinajstić information content (AvgIpc) is 2.94. The van der Waals surface area contributed by atoms with Crippen LogP contribution in [0.4, 0.5) is 0 Å². The van der Waals surface area contributed by atoms with Gasteiger partial charge in [-0.05, 0) is 47.0 Å². The summed E-state index contributed by atoms with van der Waals surface area (Å²) in [6.45, 7) is 9.71. The molecule has 1 N–H and O–H groups in total. The number of nitrogens with zero attached hydrogens (tertiary/aromatic N) is 1. The fourth-order valence-corrected chi connectivity index (χ4v) is 3.71. The van der Waals surface area contributed by atoms with Crippen molar-refractivity contribution in [1.82, 2.24) is 0 Å². The SMILES string of the molecule is CCC(C)C(=O)O[C@H]1CCC2(C(=O)OC(CC(C)(C)N=O)C(C)(C)O)CC1OC2=O. The molecule has 0 aromatic carbocycles. The van der Waals surface area contributed by atoms with Gasteiger partial charge in [0.15, 0.2) is 5.41 Å². The third-order valence-electron chi connectivity index (χ3n) is 6.11. The minimum absolute atomic E-state index is 0.00452. The Hall–Kier alpha value is -2.03. The molecule has 1 aliphatic heterocycles. The van der Waals surface area contributed by atoms with Crippen LogP contribution in [0.5, 0.6) is 0 Å². The first-order valence-corrected chi connectivity index (χ1v) is 10.5. The Kier molecular flexibility index (Phi) is 6.96. The lowest BCUT2D eigenvalue weighted by molar-refractivity contribution is -0.180. The average molecular weight is 427 g/mol. The third kappa shape index (κ3) is 4.99. The lowest BCUT2D eigenvalue weighted by atomic mass is 9.74. The van der Waals surface area contributed by atoms with E-state index in [1.165, 1.54) is 13.8 Å². The number of rotatable bonds is 9. The molecule has 2 aliphatic rings. The highest BCUT2D eigenvalue weighted by atomic mass is 16.6. The van der Waals surface area contributed by atoms with Gasteiger partial charge in [-0.2, -0.15) is 4.91 Å². The third-order valence-corrected chi connectivity index (χ3v) is 6.11. The molecule has 4 unspecified atom stereocenters. The van der Waals surface area contributed by atoms with E-state index >= 15 is 0 Å². The minimum Gasteiger partial charge on any atom is -0.458 e. The molecule has 1 saturated heterocycles. The van der Waals surface area contributed by atoms with Crippen LogP contribution in [0.15, 0.2) is 5.18 Å². The summed E-state index contributed by atoms with van der Waals surface area (Å²) in [5.74, 6) is -2.12.